The molecular formula is C20H18N4O4. The number of carbonyl (C=O) groups is 2. The molecule has 28 heavy (non-hydrogen) atoms. The molecule has 0 fully saturated rings. The zero-order valence-corrected chi connectivity index (χ0v) is 15.4. The quantitative estimate of drug-likeness (QED) is 0.536. The smallest absolute Gasteiger partial charge is 0.342 e. The first-order valence-corrected chi connectivity index (χ1v) is 8.84. The zero-order valence-electron chi connectivity index (χ0n) is 15.4. The van der Waals surface area contributed by atoms with Crippen molar-refractivity contribution in [3.8, 4) is 0 Å². The lowest BCUT2D eigenvalue weighted by Gasteiger charge is -2.05. The molecule has 0 aliphatic carbocycles. The average Bonchev–Trinajstić information content (AvgIpc) is 3.30. The Morgan fingerprint density at radius 3 is 3.00 bits per heavy atom. The molecule has 0 saturated heterocycles. The van der Waals surface area contributed by atoms with Crippen molar-refractivity contribution in [3.63, 3.8) is 0 Å². The average molecular weight is 378 g/mol. The SMILES string of the molecule is CCOC(=O)c1c(C)ccc2cc(CNC(=O)c3cnn4cccnc34)oc12. The van der Waals surface area contributed by atoms with Gasteiger partial charge in [0.15, 0.2) is 5.65 Å². The van der Waals surface area contributed by atoms with Gasteiger partial charge in [-0.3, -0.25) is 4.79 Å². The summed E-state index contributed by atoms with van der Waals surface area (Å²) in [7, 11) is 0. The molecule has 1 aromatic carbocycles. The summed E-state index contributed by atoms with van der Waals surface area (Å²) in [6, 6.07) is 7.25. The highest BCUT2D eigenvalue weighted by Crippen LogP contribution is 2.26. The highest BCUT2D eigenvalue weighted by atomic mass is 16.5. The van der Waals surface area contributed by atoms with Gasteiger partial charge in [-0.2, -0.15) is 5.10 Å². The number of ether oxygens (including phenoxy) is 1. The maximum Gasteiger partial charge on any atom is 0.342 e. The molecule has 1 amide bonds. The summed E-state index contributed by atoms with van der Waals surface area (Å²) >= 11 is 0. The third-order valence-electron chi connectivity index (χ3n) is 4.37. The number of hydrogen-bond acceptors (Lipinski definition) is 6. The number of benzene rings is 1. The van der Waals surface area contributed by atoms with Crippen molar-refractivity contribution in [2.24, 2.45) is 0 Å². The minimum Gasteiger partial charge on any atom is -0.462 e. The van der Waals surface area contributed by atoms with Crippen molar-refractivity contribution < 1.29 is 18.7 Å². The van der Waals surface area contributed by atoms with Gasteiger partial charge >= 0.3 is 5.97 Å². The lowest BCUT2D eigenvalue weighted by atomic mass is 10.1. The van der Waals surface area contributed by atoms with Crippen LogP contribution in [0.3, 0.4) is 0 Å². The highest BCUT2D eigenvalue weighted by Gasteiger charge is 2.19. The summed E-state index contributed by atoms with van der Waals surface area (Å²) in [6.07, 6.45) is 4.79. The van der Waals surface area contributed by atoms with E-state index in [0.717, 1.165) is 10.9 Å². The van der Waals surface area contributed by atoms with Gasteiger partial charge < -0.3 is 14.5 Å². The summed E-state index contributed by atoms with van der Waals surface area (Å²) < 4.78 is 12.5. The molecule has 0 aliphatic heterocycles. The third kappa shape index (κ3) is 3.09. The molecule has 142 valence electrons. The van der Waals surface area contributed by atoms with Crippen LogP contribution in [-0.2, 0) is 11.3 Å². The number of aryl methyl sites for hydroxylation is 1. The Kier molecular flexibility index (Phi) is 4.52. The van der Waals surface area contributed by atoms with Crippen LogP contribution in [0.2, 0.25) is 0 Å². The van der Waals surface area contributed by atoms with Crippen molar-refractivity contribution in [2.45, 2.75) is 20.4 Å². The minimum atomic E-state index is -0.423. The summed E-state index contributed by atoms with van der Waals surface area (Å²) in [5, 5.41) is 7.68. The van der Waals surface area contributed by atoms with E-state index in [4.69, 9.17) is 9.15 Å². The second-order valence-corrected chi connectivity index (χ2v) is 6.24. The van der Waals surface area contributed by atoms with Crippen LogP contribution in [0.15, 0.2) is 47.3 Å². The maximum absolute atomic E-state index is 12.5. The Morgan fingerprint density at radius 2 is 2.18 bits per heavy atom. The van der Waals surface area contributed by atoms with Gasteiger partial charge in [-0.05, 0) is 31.5 Å². The van der Waals surface area contributed by atoms with Crippen molar-refractivity contribution in [1.82, 2.24) is 19.9 Å². The Bertz CT molecular complexity index is 1190. The predicted octanol–water partition coefficient (Wildman–Crippen LogP) is 2.89. The first-order chi connectivity index (χ1) is 13.6. The summed E-state index contributed by atoms with van der Waals surface area (Å²) in [6.45, 7) is 4.03. The fourth-order valence-corrected chi connectivity index (χ4v) is 3.05. The van der Waals surface area contributed by atoms with Gasteiger partial charge in [-0.25, -0.2) is 14.3 Å². The number of hydrogen-bond donors (Lipinski definition) is 1. The molecule has 3 heterocycles. The Morgan fingerprint density at radius 1 is 1.32 bits per heavy atom. The zero-order chi connectivity index (χ0) is 19.7. The molecule has 8 nitrogen and oxygen atoms in total. The van der Waals surface area contributed by atoms with Crippen molar-refractivity contribution in [1.29, 1.82) is 0 Å². The second kappa shape index (κ2) is 7.15. The van der Waals surface area contributed by atoms with E-state index in [2.05, 4.69) is 15.4 Å². The number of amides is 1. The van der Waals surface area contributed by atoms with Crippen LogP contribution in [-0.4, -0.2) is 33.1 Å². The van der Waals surface area contributed by atoms with Crippen LogP contribution < -0.4 is 5.32 Å². The van der Waals surface area contributed by atoms with Crippen LogP contribution in [0.1, 0.15) is 39.0 Å². The van der Waals surface area contributed by atoms with Gasteiger partial charge in [0, 0.05) is 17.8 Å². The fraction of sp³-hybridized carbons (Fsp3) is 0.200. The normalized spacial score (nSPS) is 11.1. The molecule has 0 unspecified atom stereocenters. The van der Waals surface area contributed by atoms with Gasteiger partial charge in [0.25, 0.3) is 5.91 Å². The molecular weight excluding hydrogens is 360 g/mol. The monoisotopic (exact) mass is 378 g/mol. The highest BCUT2D eigenvalue weighted by molar-refractivity contribution is 6.03. The number of esters is 1. The van der Waals surface area contributed by atoms with E-state index in [1.165, 1.54) is 10.7 Å². The predicted molar refractivity (Wildman–Crippen MR) is 101 cm³/mol. The largest absolute Gasteiger partial charge is 0.462 e. The van der Waals surface area contributed by atoms with E-state index in [0.29, 0.717) is 28.1 Å². The maximum atomic E-state index is 12.5. The lowest BCUT2D eigenvalue weighted by Crippen LogP contribution is -2.22. The van der Waals surface area contributed by atoms with E-state index >= 15 is 0 Å². The van der Waals surface area contributed by atoms with Gasteiger partial charge in [0.2, 0.25) is 0 Å². The third-order valence-corrected chi connectivity index (χ3v) is 4.37. The van der Waals surface area contributed by atoms with Crippen molar-refractivity contribution in [2.75, 3.05) is 6.61 Å². The van der Waals surface area contributed by atoms with Gasteiger partial charge in [-0.1, -0.05) is 12.1 Å². The fourth-order valence-electron chi connectivity index (χ4n) is 3.05. The van der Waals surface area contributed by atoms with Crippen LogP contribution >= 0.6 is 0 Å². The van der Waals surface area contributed by atoms with E-state index in [-0.39, 0.29) is 19.1 Å². The molecule has 0 saturated carbocycles. The number of aromatic nitrogens is 3. The summed E-state index contributed by atoms with van der Waals surface area (Å²) in [4.78, 5) is 28.9. The number of furan rings is 1. The second-order valence-electron chi connectivity index (χ2n) is 6.24. The molecule has 4 rings (SSSR count). The molecule has 0 atom stereocenters. The van der Waals surface area contributed by atoms with Gasteiger partial charge in [0.05, 0.1) is 19.3 Å². The number of fused-ring (bicyclic) bond motifs is 2. The first-order valence-electron chi connectivity index (χ1n) is 8.84. The van der Waals surface area contributed by atoms with E-state index in [1.54, 1.807) is 31.5 Å². The number of nitrogens with zero attached hydrogens (tertiary/aromatic N) is 3. The van der Waals surface area contributed by atoms with E-state index in [9.17, 15) is 9.59 Å². The summed E-state index contributed by atoms with van der Waals surface area (Å²) in [5.74, 6) is -0.201. The Balaban J connectivity index is 1.58. The van der Waals surface area contributed by atoms with Crippen molar-refractivity contribution >= 4 is 28.5 Å². The van der Waals surface area contributed by atoms with Crippen LogP contribution in [0.5, 0.6) is 0 Å². The van der Waals surface area contributed by atoms with E-state index < -0.39 is 5.97 Å². The van der Waals surface area contributed by atoms with Gasteiger partial charge in [-0.15, -0.1) is 0 Å². The molecule has 3 aromatic heterocycles. The Hall–Kier alpha value is -3.68. The molecule has 0 aliphatic rings. The lowest BCUT2D eigenvalue weighted by molar-refractivity contribution is 0.0526. The molecule has 8 heteroatoms. The van der Waals surface area contributed by atoms with Crippen LogP contribution in [0.4, 0.5) is 0 Å². The topological polar surface area (TPSA) is 98.7 Å². The first kappa shape index (κ1) is 17.7. The van der Waals surface area contributed by atoms with Crippen LogP contribution in [0.25, 0.3) is 16.6 Å². The van der Waals surface area contributed by atoms with E-state index in [1.807, 2.05) is 19.1 Å². The Labute approximate surface area is 160 Å². The molecule has 0 bridgehead atoms. The summed E-state index contributed by atoms with van der Waals surface area (Å²) in [5.41, 5.74) is 2.49. The van der Waals surface area contributed by atoms with Crippen molar-refractivity contribution in [3.05, 3.63) is 65.3 Å². The number of carbonyl (C=O) groups excluding carboxylic acids is 2. The molecule has 0 spiro atoms. The standard InChI is InChI=1S/C20H18N4O4/c1-3-27-20(26)16-12(2)5-6-13-9-14(28-17(13)16)10-22-19(25)15-11-23-24-8-4-7-21-18(15)24/h4-9,11H,3,10H2,1-2H3,(H,22,25). The van der Waals surface area contributed by atoms with Gasteiger partial charge in [0.1, 0.15) is 22.5 Å². The number of rotatable bonds is 5. The van der Waals surface area contributed by atoms with Crippen LogP contribution in [0, 0.1) is 6.92 Å². The molecule has 4 aromatic rings. The minimum absolute atomic E-state index is 0.166. The number of nitrogens with one attached hydrogen (secondary N) is 1. The molecule has 0 radical (unpaired) electrons. The molecule has 1 N–H and O–H groups in total.